The average Bonchev–Trinajstić information content (AvgIpc) is 2.61. The first-order valence-electron chi connectivity index (χ1n) is 9.46. The number of aliphatic imine (C=N–C) groups is 1. The lowest BCUT2D eigenvalue weighted by atomic mass is 9.93. The summed E-state index contributed by atoms with van der Waals surface area (Å²) < 4.78 is 24.4. The van der Waals surface area contributed by atoms with Gasteiger partial charge in [-0.1, -0.05) is 30.3 Å². The maximum Gasteiger partial charge on any atom is 0.191 e. The predicted molar refractivity (Wildman–Crippen MR) is 121 cm³/mol. The zero-order chi connectivity index (χ0) is 18.8. The molecule has 0 spiro atoms. The van der Waals surface area contributed by atoms with Gasteiger partial charge in [0.25, 0.3) is 0 Å². The van der Waals surface area contributed by atoms with Crippen LogP contribution in [-0.4, -0.2) is 50.5 Å². The predicted octanol–water partition coefficient (Wildman–Crippen LogP) is 2.47. The molecule has 6 nitrogen and oxygen atoms in total. The van der Waals surface area contributed by atoms with Crippen molar-refractivity contribution < 1.29 is 13.5 Å². The zero-order valence-electron chi connectivity index (χ0n) is 15.9. The Morgan fingerprint density at radius 1 is 1.19 bits per heavy atom. The largest absolute Gasteiger partial charge is 0.393 e. The van der Waals surface area contributed by atoms with Gasteiger partial charge in [0.05, 0.1) is 17.6 Å². The molecule has 0 aromatic heterocycles. The molecule has 0 saturated heterocycles. The van der Waals surface area contributed by atoms with Crippen molar-refractivity contribution in [2.75, 3.05) is 18.8 Å². The second-order valence-corrected chi connectivity index (χ2v) is 9.03. The number of halogens is 1. The van der Waals surface area contributed by atoms with Crippen LogP contribution in [0, 0.1) is 0 Å². The molecule has 0 atom stereocenters. The number of guanidine groups is 1. The third kappa shape index (κ3) is 9.75. The van der Waals surface area contributed by atoms with Crippen LogP contribution in [0.4, 0.5) is 0 Å². The minimum atomic E-state index is -3.12. The summed E-state index contributed by atoms with van der Waals surface area (Å²) in [7, 11) is -3.12. The highest BCUT2D eigenvalue weighted by atomic mass is 127. The Bertz CT molecular complexity index is 660. The van der Waals surface area contributed by atoms with E-state index in [0.29, 0.717) is 19.0 Å². The highest BCUT2D eigenvalue weighted by Crippen LogP contribution is 2.18. The van der Waals surface area contributed by atoms with Crippen molar-refractivity contribution in [2.24, 2.45) is 4.99 Å². The number of aliphatic hydroxyl groups excluding tert-OH is 1. The van der Waals surface area contributed by atoms with Crippen LogP contribution in [0.1, 0.15) is 44.6 Å². The summed E-state index contributed by atoms with van der Waals surface area (Å²) in [6, 6.07) is 9.58. The molecular formula is C19H32IN3O3S. The van der Waals surface area contributed by atoms with Gasteiger partial charge < -0.3 is 15.7 Å². The van der Waals surface area contributed by atoms with Gasteiger partial charge >= 0.3 is 0 Å². The SMILES string of the molecule is CCNC(=NCCCS(=O)(=O)Cc1ccccc1)NC1CCC(O)CC1.I. The van der Waals surface area contributed by atoms with Crippen molar-refractivity contribution in [3.05, 3.63) is 35.9 Å². The van der Waals surface area contributed by atoms with Crippen molar-refractivity contribution in [1.82, 2.24) is 10.6 Å². The number of rotatable bonds is 8. The molecule has 1 aliphatic carbocycles. The number of aliphatic hydroxyl groups is 1. The number of hydrogen-bond acceptors (Lipinski definition) is 4. The molecule has 0 aliphatic heterocycles. The summed E-state index contributed by atoms with van der Waals surface area (Å²) >= 11 is 0. The quantitative estimate of drug-likeness (QED) is 0.217. The van der Waals surface area contributed by atoms with Crippen molar-refractivity contribution in [1.29, 1.82) is 0 Å². The Labute approximate surface area is 180 Å². The molecule has 0 radical (unpaired) electrons. The topological polar surface area (TPSA) is 90.8 Å². The number of sulfone groups is 1. The van der Waals surface area contributed by atoms with Crippen LogP contribution in [0.5, 0.6) is 0 Å². The first-order chi connectivity index (χ1) is 12.5. The van der Waals surface area contributed by atoms with Crippen LogP contribution in [0.2, 0.25) is 0 Å². The molecule has 3 N–H and O–H groups in total. The third-order valence-electron chi connectivity index (χ3n) is 4.49. The number of hydrogen-bond donors (Lipinski definition) is 3. The Hall–Kier alpha value is -0.870. The average molecular weight is 509 g/mol. The van der Waals surface area contributed by atoms with Gasteiger partial charge in [0.1, 0.15) is 0 Å². The molecule has 2 rings (SSSR count). The van der Waals surface area contributed by atoms with E-state index in [4.69, 9.17) is 0 Å². The third-order valence-corrected chi connectivity index (χ3v) is 6.18. The second kappa shape index (κ2) is 12.6. The van der Waals surface area contributed by atoms with Gasteiger partial charge in [-0.15, -0.1) is 24.0 Å². The fraction of sp³-hybridized carbons (Fsp3) is 0.632. The van der Waals surface area contributed by atoms with Crippen molar-refractivity contribution in [3.8, 4) is 0 Å². The summed E-state index contributed by atoms with van der Waals surface area (Å²) in [6.45, 7) is 3.23. The first-order valence-corrected chi connectivity index (χ1v) is 11.3. The van der Waals surface area contributed by atoms with Gasteiger partial charge in [-0.3, -0.25) is 4.99 Å². The maximum absolute atomic E-state index is 12.2. The first kappa shape index (κ1) is 24.2. The summed E-state index contributed by atoms with van der Waals surface area (Å²) in [4.78, 5) is 4.50. The fourth-order valence-electron chi connectivity index (χ4n) is 3.11. The second-order valence-electron chi connectivity index (χ2n) is 6.84. The van der Waals surface area contributed by atoms with E-state index < -0.39 is 9.84 Å². The van der Waals surface area contributed by atoms with E-state index in [1.54, 1.807) is 0 Å². The van der Waals surface area contributed by atoms with Crippen molar-refractivity contribution in [3.63, 3.8) is 0 Å². The van der Waals surface area contributed by atoms with E-state index >= 15 is 0 Å². The van der Waals surface area contributed by atoms with Crippen molar-refractivity contribution >= 4 is 39.8 Å². The van der Waals surface area contributed by atoms with Crippen LogP contribution < -0.4 is 10.6 Å². The highest BCUT2D eigenvalue weighted by molar-refractivity contribution is 14.0. The van der Waals surface area contributed by atoms with E-state index in [9.17, 15) is 13.5 Å². The Balaban J connectivity index is 0.00000364. The lowest BCUT2D eigenvalue weighted by molar-refractivity contribution is 0.120. The van der Waals surface area contributed by atoms with E-state index in [0.717, 1.165) is 43.8 Å². The van der Waals surface area contributed by atoms with Crippen LogP contribution in [0.3, 0.4) is 0 Å². The number of benzene rings is 1. The summed E-state index contributed by atoms with van der Waals surface area (Å²) in [5.41, 5.74) is 0.825. The number of nitrogens with zero attached hydrogens (tertiary/aromatic N) is 1. The molecule has 154 valence electrons. The Morgan fingerprint density at radius 2 is 1.85 bits per heavy atom. The Kier molecular flexibility index (Phi) is 11.2. The molecule has 0 bridgehead atoms. The lowest BCUT2D eigenvalue weighted by Crippen LogP contribution is -2.45. The summed E-state index contributed by atoms with van der Waals surface area (Å²) in [6.07, 6.45) is 3.81. The van der Waals surface area contributed by atoms with Gasteiger partial charge in [-0.2, -0.15) is 0 Å². The molecule has 1 aliphatic rings. The van der Waals surface area contributed by atoms with E-state index in [1.807, 2.05) is 37.3 Å². The molecule has 1 aromatic rings. The van der Waals surface area contributed by atoms with Crippen LogP contribution in [-0.2, 0) is 15.6 Å². The van der Waals surface area contributed by atoms with Crippen molar-refractivity contribution in [2.45, 2.75) is 56.9 Å². The molecule has 0 unspecified atom stereocenters. The van der Waals surface area contributed by atoms with Gasteiger partial charge in [0, 0.05) is 19.1 Å². The van der Waals surface area contributed by atoms with E-state index in [-0.39, 0.29) is 41.6 Å². The van der Waals surface area contributed by atoms with Gasteiger partial charge in [0.15, 0.2) is 15.8 Å². The molecule has 27 heavy (non-hydrogen) atoms. The lowest BCUT2D eigenvalue weighted by Gasteiger charge is -2.27. The smallest absolute Gasteiger partial charge is 0.191 e. The van der Waals surface area contributed by atoms with E-state index in [1.165, 1.54) is 0 Å². The van der Waals surface area contributed by atoms with E-state index in [2.05, 4.69) is 15.6 Å². The van der Waals surface area contributed by atoms with Crippen LogP contribution >= 0.6 is 24.0 Å². The monoisotopic (exact) mass is 509 g/mol. The molecule has 8 heteroatoms. The standard InChI is InChI=1S/C19H31N3O3S.HI/c1-2-20-19(22-17-9-11-18(23)12-10-17)21-13-6-14-26(24,25)15-16-7-4-3-5-8-16;/h3-5,7-8,17-18,23H,2,6,9-15H2,1H3,(H2,20,21,22);1H. The normalized spacial score (nSPS) is 20.6. The zero-order valence-corrected chi connectivity index (χ0v) is 19.1. The molecule has 1 aromatic carbocycles. The van der Waals surface area contributed by atoms with Crippen LogP contribution in [0.15, 0.2) is 35.3 Å². The van der Waals surface area contributed by atoms with Crippen LogP contribution in [0.25, 0.3) is 0 Å². The maximum atomic E-state index is 12.2. The minimum Gasteiger partial charge on any atom is -0.393 e. The summed E-state index contributed by atoms with van der Waals surface area (Å²) in [5.74, 6) is 0.954. The molecular weight excluding hydrogens is 477 g/mol. The van der Waals surface area contributed by atoms with Gasteiger partial charge in [-0.25, -0.2) is 8.42 Å². The molecule has 1 saturated carbocycles. The fourth-order valence-corrected chi connectivity index (χ4v) is 4.52. The molecule has 0 amide bonds. The Morgan fingerprint density at radius 3 is 2.48 bits per heavy atom. The summed E-state index contributed by atoms with van der Waals surface area (Å²) in [5, 5.41) is 16.2. The molecule has 0 heterocycles. The minimum absolute atomic E-state index is 0. The van der Waals surface area contributed by atoms with Gasteiger partial charge in [0.2, 0.25) is 0 Å². The number of nitrogens with one attached hydrogen (secondary N) is 2. The molecule has 1 fully saturated rings. The highest BCUT2D eigenvalue weighted by Gasteiger charge is 2.20. The van der Waals surface area contributed by atoms with Gasteiger partial charge in [-0.05, 0) is 44.6 Å².